The van der Waals surface area contributed by atoms with Crippen molar-refractivity contribution >= 4 is 11.6 Å². The minimum atomic E-state index is -0.0998. The third kappa shape index (κ3) is 4.69. The van der Waals surface area contributed by atoms with Gasteiger partial charge in [0.25, 0.3) is 0 Å². The fourth-order valence-corrected chi connectivity index (χ4v) is 2.45. The number of para-hydroxylation sites is 1. The lowest BCUT2D eigenvalue weighted by Crippen LogP contribution is -3.00. The normalized spacial score (nSPS) is 15.9. The van der Waals surface area contributed by atoms with Crippen LogP contribution in [-0.4, -0.2) is 25.0 Å². The summed E-state index contributed by atoms with van der Waals surface area (Å²) in [6.07, 6.45) is 5.43. The number of halogens is 1. The zero-order chi connectivity index (χ0) is 13.5. The van der Waals surface area contributed by atoms with Crippen molar-refractivity contribution in [2.24, 2.45) is 0 Å². The predicted molar refractivity (Wildman–Crippen MR) is 76.8 cm³/mol. The molecular formula is C15H24ClN3O. The van der Waals surface area contributed by atoms with Crippen LogP contribution in [-0.2, 0) is 11.2 Å². The number of amides is 1. The van der Waals surface area contributed by atoms with Gasteiger partial charge in [-0.2, -0.15) is 0 Å². The van der Waals surface area contributed by atoms with Gasteiger partial charge in [-0.1, -0.05) is 24.6 Å². The molecule has 0 saturated carbocycles. The van der Waals surface area contributed by atoms with Crippen LogP contribution in [0.2, 0.25) is 0 Å². The van der Waals surface area contributed by atoms with Crippen molar-refractivity contribution in [1.82, 2.24) is 5.32 Å². The van der Waals surface area contributed by atoms with Crippen LogP contribution >= 0.6 is 0 Å². The highest BCUT2D eigenvalue weighted by molar-refractivity contribution is 5.87. The average molecular weight is 298 g/mol. The van der Waals surface area contributed by atoms with E-state index in [1.54, 1.807) is 0 Å². The lowest BCUT2D eigenvalue weighted by atomic mass is 10.1. The number of nitrogens with one attached hydrogen (secondary N) is 2. The van der Waals surface area contributed by atoms with Crippen LogP contribution in [0.5, 0.6) is 0 Å². The molecule has 2 rings (SSSR count). The van der Waals surface area contributed by atoms with Gasteiger partial charge in [0.05, 0.1) is 6.54 Å². The Balaban J connectivity index is 0.00000200. The van der Waals surface area contributed by atoms with Gasteiger partial charge in [-0.15, -0.1) is 0 Å². The Bertz CT molecular complexity index is 400. The molecule has 0 fully saturated rings. The fourth-order valence-electron chi connectivity index (χ4n) is 2.45. The summed E-state index contributed by atoms with van der Waals surface area (Å²) in [5, 5.41) is 6.29. The van der Waals surface area contributed by atoms with Crippen molar-refractivity contribution in [1.29, 1.82) is 0 Å². The number of hydrogen-bond donors (Lipinski definition) is 3. The van der Waals surface area contributed by atoms with E-state index < -0.39 is 0 Å². The molecule has 1 aromatic carbocycles. The zero-order valence-corrected chi connectivity index (χ0v) is 12.6. The minimum absolute atomic E-state index is 0. The summed E-state index contributed by atoms with van der Waals surface area (Å²) in [6.45, 7) is 1.79. The van der Waals surface area contributed by atoms with Crippen molar-refractivity contribution in [3.05, 3.63) is 29.8 Å². The highest BCUT2D eigenvalue weighted by Crippen LogP contribution is 2.24. The molecule has 1 heterocycles. The van der Waals surface area contributed by atoms with E-state index in [-0.39, 0.29) is 24.4 Å². The summed E-state index contributed by atoms with van der Waals surface area (Å²) < 4.78 is 0. The number of quaternary nitrogens is 1. The van der Waals surface area contributed by atoms with E-state index in [2.05, 4.69) is 22.4 Å². The highest BCUT2D eigenvalue weighted by Gasteiger charge is 2.25. The molecule has 0 aromatic heterocycles. The van der Waals surface area contributed by atoms with E-state index in [0.717, 1.165) is 31.6 Å². The molecule has 0 saturated heterocycles. The van der Waals surface area contributed by atoms with Crippen LogP contribution in [0.15, 0.2) is 24.3 Å². The van der Waals surface area contributed by atoms with E-state index in [9.17, 15) is 4.79 Å². The van der Waals surface area contributed by atoms with E-state index in [1.165, 1.54) is 24.8 Å². The molecule has 20 heavy (non-hydrogen) atoms. The van der Waals surface area contributed by atoms with Crippen molar-refractivity contribution in [2.75, 3.05) is 18.4 Å². The van der Waals surface area contributed by atoms with Gasteiger partial charge < -0.3 is 28.8 Å². The van der Waals surface area contributed by atoms with Gasteiger partial charge in [-0.05, 0) is 30.9 Å². The van der Waals surface area contributed by atoms with Crippen LogP contribution in [0.3, 0.4) is 0 Å². The summed E-state index contributed by atoms with van der Waals surface area (Å²) >= 11 is 0. The van der Waals surface area contributed by atoms with Crippen molar-refractivity contribution in [3.63, 3.8) is 0 Å². The smallest absolute Gasteiger partial charge is 0.242 e. The monoisotopic (exact) mass is 297 g/mol. The van der Waals surface area contributed by atoms with Crippen LogP contribution in [0, 0.1) is 0 Å². The largest absolute Gasteiger partial charge is 1.00 e. The number of unbranched alkanes of at least 4 members (excludes halogenated alkanes) is 3. The quantitative estimate of drug-likeness (QED) is 0.507. The predicted octanol–water partition coefficient (Wildman–Crippen LogP) is -2.05. The molecule has 0 aliphatic carbocycles. The lowest BCUT2D eigenvalue weighted by molar-refractivity contribution is -0.368. The van der Waals surface area contributed by atoms with Crippen LogP contribution in [0.25, 0.3) is 0 Å². The van der Waals surface area contributed by atoms with Gasteiger partial charge in [0.15, 0.2) is 0 Å². The number of fused-ring (bicyclic) bond motifs is 1. The molecule has 1 aromatic rings. The summed E-state index contributed by atoms with van der Waals surface area (Å²) in [5.74, 6) is 0.119. The molecule has 5 heteroatoms. The van der Waals surface area contributed by atoms with Gasteiger partial charge in [0, 0.05) is 18.7 Å². The first-order valence-corrected chi connectivity index (χ1v) is 7.22. The Morgan fingerprint density at radius 2 is 2.00 bits per heavy atom. The average Bonchev–Trinajstić information content (AvgIpc) is 2.86. The first-order chi connectivity index (χ1) is 9.31. The number of benzene rings is 1. The third-order valence-corrected chi connectivity index (χ3v) is 3.56. The number of hydrogen-bond acceptors (Lipinski definition) is 2. The second-order valence-electron chi connectivity index (χ2n) is 5.12. The fraction of sp³-hybridized carbons (Fsp3) is 0.533. The molecular weight excluding hydrogens is 274 g/mol. The van der Waals surface area contributed by atoms with Crippen LogP contribution in [0.1, 0.15) is 31.2 Å². The molecule has 112 valence electrons. The Hall–Kier alpha value is -1.26. The Labute approximate surface area is 126 Å². The minimum Gasteiger partial charge on any atom is -1.00 e. The van der Waals surface area contributed by atoms with Crippen molar-refractivity contribution < 1.29 is 22.9 Å². The maximum absolute atomic E-state index is 12.0. The van der Waals surface area contributed by atoms with Crippen LogP contribution in [0.4, 0.5) is 5.69 Å². The van der Waals surface area contributed by atoms with Crippen molar-refractivity contribution in [3.8, 4) is 0 Å². The summed E-state index contributed by atoms with van der Waals surface area (Å²) in [4.78, 5) is 12.0. The summed E-state index contributed by atoms with van der Waals surface area (Å²) in [6, 6.07) is 8.02. The van der Waals surface area contributed by atoms with Gasteiger partial charge in [-0.25, -0.2) is 0 Å². The molecule has 1 unspecified atom stereocenters. The molecule has 1 aliphatic rings. The lowest BCUT2D eigenvalue weighted by Gasteiger charge is -2.11. The molecule has 5 N–H and O–H groups in total. The van der Waals surface area contributed by atoms with E-state index in [4.69, 9.17) is 0 Å². The first kappa shape index (κ1) is 16.8. The summed E-state index contributed by atoms with van der Waals surface area (Å²) in [5.41, 5.74) is 6.16. The molecule has 0 radical (unpaired) electrons. The SMILES string of the molecule is [Cl-].[NH3+]CCCCCCNC(=O)C1Cc2ccccc2N1. The molecule has 0 bridgehead atoms. The third-order valence-electron chi connectivity index (χ3n) is 3.56. The van der Waals surface area contributed by atoms with Gasteiger partial charge in [-0.3, -0.25) is 4.79 Å². The standard InChI is InChI=1S/C15H23N3O.ClH/c16-9-5-1-2-6-10-17-15(19)14-11-12-7-3-4-8-13(12)18-14;/h3-4,7-8,14,18H,1-2,5-6,9-11,16H2,(H,17,19);1H. The number of anilines is 1. The van der Waals surface area contributed by atoms with Crippen LogP contribution < -0.4 is 28.8 Å². The number of carbonyl (C=O) groups is 1. The molecule has 4 nitrogen and oxygen atoms in total. The molecule has 1 atom stereocenters. The Kier molecular flexibility index (Phi) is 7.41. The molecule has 0 spiro atoms. The Morgan fingerprint density at radius 1 is 1.25 bits per heavy atom. The van der Waals surface area contributed by atoms with Gasteiger partial charge in [0.1, 0.15) is 6.04 Å². The van der Waals surface area contributed by atoms with Gasteiger partial charge in [0.2, 0.25) is 5.91 Å². The topological polar surface area (TPSA) is 68.8 Å². The van der Waals surface area contributed by atoms with E-state index >= 15 is 0 Å². The maximum Gasteiger partial charge on any atom is 0.242 e. The first-order valence-electron chi connectivity index (χ1n) is 7.22. The van der Waals surface area contributed by atoms with Gasteiger partial charge >= 0.3 is 0 Å². The molecule has 1 aliphatic heterocycles. The number of rotatable bonds is 7. The molecule has 1 amide bonds. The second kappa shape index (κ2) is 8.82. The highest BCUT2D eigenvalue weighted by atomic mass is 35.5. The zero-order valence-electron chi connectivity index (χ0n) is 11.8. The number of carbonyl (C=O) groups excluding carboxylic acids is 1. The summed E-state index contributed by atoms with van der Waals surface area (Å²) in [7, 11) is 0. The Morgan fingerprint density at radius 3 is 2.75 bits per heavy atom. The second-order valence-corrected chi connectivity index (χ2v) is 5.12. The van der Waals surface area contributed by atoms with Crippen molar-refractivity contribution in [2.45, 2.75) is 38.1 Å². The van der Waals surface area contributed by atoms with E-state index in [1.807, 2.05) is 18.2 Å². The van der Waals surface area contributed by atoms with E-state index in [0.29, 0.717) is 0 Å². The maximum atomic E-state index is 12.0.